The van der Waals surface area contributed by atoms with E-state index in [1.165, 1.54) is 5.56 Å². The van der Waals surface area contributed by atoms with Crippen molar-refractivity contribution in [3.05, 3.63) is 35.9 Å². The van der Waals surface area contributed by atoms with Crippen LogP contribution in [0.1, 0.15) is 31.2 Å². The number of carbonyl (C=O) groups is 1. The first-order valence-electron chi connectivity index (χ1n) is 8.31. The van der Waals surface area contributed by atoms with Gasteiger partial charge in [-0.1, -0.05) is 30.3 Å². The number of likely N-dealkylation sites (tertiary alicyclic amines) is 1. The van der Waals surface area contributed by atoms with Crippen molar-refractivity contribution in [2.45, 2.75) is 38.4 Å². The Morgan fingerprint density at radius 1 is 1.27 bits per heavy atom. The fourth-order valence-electron chi connectivity index (χ4n) is 3.36. The highest BCUT2D eigenvalue weighted by Gasteiger charge is 2.38. The van der Waals surface area contributed by atoms with Gasteiger partial charge in [0.15, 0.2) is 0 Å². The van der Waals surface area contributed by atoms with Gasteiger partial charge in [-0.05, 0) is 37.2 Å². The van der Waals surface area contributed by atoms with Crippen LogP contribution in [-0.2, 0) is 16.1 Å². The van der Waals surface area contributed by atoms with Crippen LogP contribution < -0.4 is 0 Å². The van der Waals surface area contributed by atoms with Crippen molar-refractivity contribution >= 4 is 5.91 Å². The van der Waals surface area contributed by atoms with Gasteiger partial charge in [0.05, 0.1) is 12.7 Å². The molecule has 1 amide bonds. The third-order valence-corrected chi connectivity index (χ3v) is 4.86. The second kappa shape index (κ2) is 7.25. The summed E-state index contributed by atoms with van der Waals surface area (Å²) in [5.74, 6) is 0.652. The Hall–Kier alpha value is -1.39. The molecule has 1 saturated carbocycles. The van der Waals surface area contributed by atoms with Crippen LogP contribution in [0.15, 0.2) is 30.3 Å². The molecular weight excluding hydrogens is 278 g/mol. The molecule has 0 spiro atoms. The SMILES string of the molecule is O=C(C1CC(OCc2ccccc2)C1)N1CCCC(CO)C1. The van der Waals surface area contributed by atoms with E-state index in [1.807, 2.05) is 23.1 Å². The summed E-state index contributed by atoms with van der Waals surface area (Å²) in [6.07, 6.45) is 3.94. The molecule has 3 rings (SSSR count). The zero-order chi connectivity index (χ0) is 15.4. The smallest absolute Gasteiger partial charge is 0.225 e. The zero-order valence-corrected chi connectivity index (χ0v) is 13.0. The Balaban J connectivity index is 1.40. The number of rotatable bonds is 5. The second-order valence-corrected chi connectivity index (χ2v) is 6.56. The van der Waals surface area contributed by atoms with Crippen molar-refractivity contribution in [3.8, 4) is 0 Å². The molecule has 1 unspecified atom stereocenters. The molecule has 1 heterocycles. The van der Waals surface area contributed by atoms with E-state index in [2.05, 4.69) is 12.1 Å². The standard InChI is InChI=1S/C18H25NO3/c20-12-15-7-4-8-19(11-15)18(21)16-9-17(10-16)22-13-14-5-2-1-3-6-14/h1-3,5-6,15-17,20H,4,7-13H2. The molecule has 1 aliphatic carbocycles. The lowest BCUT2D eigenvalue weighted by molar-refractivity contribution is -0.147. The minimum atomic E-state index is 0.123. The highest BCUT2D eigenvalue weighted by atomic mass is 16.5. The van der Waals surface area contributed by atoms with E-state index < -0.39 is 0 Å². The van der Waals surface area contributed by atoms with E-state index in [0.717, 1.165) is 38.8 Å². The van der Waals surface area contributed by atoms with Gasteiger partial charge in [-0.2, -0.15) is 0 Å². The average Bonchev–Trinajstić information content (AvgIpc) is 2.54. The predicted molar refractivity (Wildman–Crippen MR) is 84.1 cm³/mol. The number of carbonyl (C=O) groups excluding carboxylic acids is 1. The van der Waals surface area contributed by atoms with E-state index in [9.17, 15) is 9.90 Å². The molecule has 1 atom stereocenters. The van der Waals surface area contributed by atoms with Crippen LogP contribution >= 0.6 is 0 Å². The first-order valence-corrected chi connectivity index (χ1v) is 8.31. The van der Waals surface area contributed by atoms with Gasteiger partial charge < -0.3 is 14.7 Å². The van der Waals surface area contributed by atoms with Crippen molar-refractivity contribution < 1.29 is 14.6 Å². The summed E-state index contributed by atoms with van der Waals surface area (Å²) in [6, 6.07) is 10.1. The van der Waals surface area contributed by atoms with E-state index in [0.29, 0.717) is 6.61 Å². The maximum atomic E-state index is 12.5. The lowest BCUT2D eigenvalue weighted by Gasteiger charge is -2.40. The molecule has 1 N–H and O–H groups in total. The molecule has 120 valence electrons. The van der Waals surface area contributed by atoms with Gasteiger partial charge in [-0.15, -0.1) is 0 Å². The minimum Gasteiger partial charge on any atom is -0.396 e. The number of aliphatic hydroxyl groups excluding tert-OH is 1. The number of amides is 1. The van der Waals surface area contributed by atoms with Crippen LogP contribution in [0.2, 0.25) is 0 Å². The molecule has 1 saturated heterocycles. The Bertz CT molecular complexity index is 484. The third kappa shape index (κ3) is 3.68. The molecule has 1 aromatic rings. The quantitative estimate of drug-likeness (QED) is 0.907. The largest absolute Gasteiger partial charge is 0.396 e. The number of aliphatic hydroxyl groups is 1. The maximum absolute atomic E-state index is 12.5. The lowest BCUT2D eigenvalue weighted by atomic mass is 9.80. The van der Waals surface area contributed by atoms with Crippen LogP contribution in [0.25, 0.3) is 0 Å². The number of ether oxygens (including phenoxy) is 1. The number of hydrogen-bond donors (Lipinski definition) is 1. The van der Waals surface area contributed by atoms with Crippen LogP contribution in [-0.4, -0.2) is 41.7 Å². The summed E-state index contributed by atoms with van der Waals surface area (Å²) in [4.78, 5) is 14.4. The van der Waals surface area contributed by atoms with Gasteiger partial charge >= 0.3 is 0 Å². The maximum Gasteiger partial charge on any atom is 0.225 e. The lowest BCUT2D eigenvalue weighted by Crippen LogP contribution is -2.48. The Labute approximate surface area is 132 Å². The number of piperidine rings is 1. The van der Waals surface area contributed by atoms with Crippen LogP contribution in [0.5, 0.6) is 0 Å². The Morgan fingerprint density at radius 3 is 2.77 bits per heavy atom. The normalized spacial score (nSPS) is 28.2. The summed E-state index contributed by atoms with van der Waals surface area (Å²) in [5.41, 5.74) is 1.18. The van der Waals surface area contributed by atoms with Crippen LogP contribution in [0.3, 0.4) is 0 Å². The number of benzene rings is 1. The Morgan fingerprint density at radius 2 is 2.05 bits per heavy atom. The summed E-state index contributed by atoms with van der Waals surface area (Å²) >= 11 is 0. The summed E-state index contributed by atoms with van der Waals surface area (Å²) in [7, 11) is 0. The van der Waals surface area contributed by atoms with Crippen LogP contribution in [0, 0.1) is 11.8 Å². The monoisotopic (exact) mass is 303 g/mol. The van der Waals surface area contributed by atoms with Gasteiger partial charge in [0.25, 0.3) is 0 Å². The van der Waals surface area contributed by atoms with Gasteiger partial charge in [0.1, 0.15) is 0 Å². The van der Waals surface area contributed by atoms with Gasteiger partial charge in [-0.3, -0.25) is 4.79 Å². The van der Waals surface area contributed by atoms with Crippen molar-refractivity contribution in [3.63, 3.8) is 0 Å². The molecule has 2 fully saturated rings. The van der Waals surface area contributed by atoms with E-state index in [-0.39, 0.29) is 30.5 Å². The minimum absolute atomic E-state index is 0.123. The first-order chi connectivity index (χ1) is 10.8. The van der Waals surface area contributed by atoms with Crippen molar-refractivity contribution in [2.24, 2.45) is 11.8 Å². The topological polar surface area (TPSA) is 49.8 Å². The fraction of sp³-hybridized carbons (Fsp3) is 0.611. The second-order valence-electron chi connectivity index (χ2n) is 6.56. The van der Waals surface area contributed by atoms with Gasteiger partial charge in [0, 0.05) is 25.6 Å². The van der Waals surface area contributed by atoms with E-state index >= 15 is 0 Å². The zero-order valence-electron chi connectivity index (χ0n) is 13.0. The molecule has 4 nitrogen and oxygen atoms in total. The molecule has 0 radical (unpaired) electrons. The third-order valence-electron chi connectivity index (χ3n) is 4.86. The highest BCUT2D eigenvalue weighted by Crippen LogP contribution is 2.33. The van der Waals surface area contributed by atoms with Crippen molar-refractivity contribution in [2.75, 3.05) is 19.7 Å². The molecule has 4 heteroatoms. The molecular formula is C18H25NO3. The first kappa shape index (κ1) is 15.5. The molecule has 1 aliphatic heterocycles. The summed E-state index contributed by atoms with van der Waals surface area (Å²) in [5, 5.41) is 9.26. The van der Waals surface area contributed by atoms with Gasteiger partial charge in [0.2, 0.25) is 5.91 Å². The average molecular weight is 303 g/mol. The van der Waals surface area contributed by atoms with E-state index in [4.69, 9.17) is 4.74 Å². The van der Waals surface area contributed by atoms with Crippen molar-refractivity contribution in [1.29, 1.82) is 0 Å². The highest BCUT2D eigenvalue weighted by molar-refractivity contribution is 5.80. The molecule has 1 aromatic carbocycles. The van der Waals surface area contributed by atoms with Crippen LogP contribution in [0.4, 0.5) is 0 Å². The fourth-order valence-corrected chi connectivity index (χ4v) is 3.36. The molecule has 2 aliphatic rings. The van der Waals surface area contributed by atoms with Gasteiger partial charge in [-0.25, -0.2) is 0 Å². The summed E-state index contributed by atoms with van der Waals surface area (Å²) < 4.78 is 5.86. The molecule has 22 heavy (non-hydrogen) atoms. The number of hydrogen-bond acceptors (Lipinski definition) is 3. The number of nitrogens with zero attached hydrogens (tertiary/aromatic N) is 1. The predicted octanol–water partition coefficient (Wildman–Crippen LogP) is 2.21. The van der Waals surface area contributed by atoms with E-state index in [1.54, 1.807) is 0 Å². The molecule has 0 bridgehead atoms. The van der Waals surface area contributed by atoms with Crippen molar-refractivity contribution in [1.82, 2.24) is 4.90 Å². The summed E-state index contributed by atoms with van der Waals surface area (Å²) in [6.45, 7) is 2.39. The Kier molecular flexibility index (Phi) is 5.11. The molecule has 0 aromatic heterocycles.